The van der Waals surface area contributed by atoms with Crippen LogP contribution in [0.1, 0.15) is 37.9 Å². The average molecular weight is 309 g/mol. The highest BCUT2D eigenvalue weighted by Gasteiger charge is 2.41. The highest BCUT2D eigenvalue weighted by molar-refractivity contribution is 5.84. The van der Waals surface area contributed by atoms with E-state index in [0.29, 0.717) is 5.56 Å². The van der Waals surface area contributed by atoms with Gasteiger partial charge in [-0.3, -0.25) is 4.90 Å². The van der Waals surface area contributed by atoms with Crippen LogP contribution in [-0.2, 0) is 20.9 Å². The first kappa shape index (κ1) is 16.3. The summed E-state index contributed by atoms with van der Waals surface area (Å²) in [6.45, 7) is 5.45. The van der Waals surface area contributed by atoms with Crippen molar-refractivity contribution >= 4 is 17.7 Å². The van der Waals surface area contributed by atoms with E-state index in [2.05, 4.69) is 0 Å². The highest BCUT2D eigenvalue weighted by atomic mass is 16.6. The fourth-order valence-corrected chi connectivity index (χ4v) is 2.42. The summed E-state index contributed by atoms with van der Waals surface area (Å²) in [4.78, 5) is 30.1. The molecule has 1 heterocycles. The number of carboxylic acid groups (broad SMARTS) is 1. The molecule has 1 atom stereocenters. The molecule has 7 heteroatoms. The van der Waals surface area contributed by atoms with E-state index in [-0.39, 0.29) is 6.54 Å². The largest absolute Gasteiger partial charge is 0.479 e. The molecule has 2 rings (SSSR count). The SMILES string of the molecule is CO[NH2+]c1ccc2c(c1)C(C(=O)O)N(C(=O)OC(C)(C)C)C2. The van der Waals surface area contributed by atoms with Crippen molar-refractivity contribution in [3.05, 3.63) is 29.3 Å². The number of carbonyl (C=O) groups is 2. The number of hydrogen-bond acceptors (Lipinski definition) is 4. The maximum Gasteiger partial charge on any atom is 0.411 e. The van der Waals surface area contributed by atoms with Gasteiger partial charge in [0.05, 0.1) is 13.7 Å². The predicted molar refractivity (Wildman–Crippen MR) is 77.2 cm³/mol. The molecule has 1 aliphatic rings. The number of fused-ring (bicyclic) bond motifs is 1. The number of hydrogen-bond donors (Lipinski definition) is 2. The summed E-state index contributed by atoms with van der Waals surface area (Å²) in [5.41, 5.74) is 2.98. The van der Waals surface area contributed by atoms with Crippen LogP contribution in [-0.4, -0.2) is 34.8 Å². The molecule has 0 spiro atoms. The number of benzene rings is 1. The topological polar surface area (TPSA) is 92.7 Å². The highest BCUT2D eigenvalue weighted by Crippen LogP contribution is 2.36. The smallest absolute Gasteiger partial charge is 0.411 e. The van der Waals surface area contributed by atoms with Crippen molar-refractivity contribution in [2.75, 3.05) is 7.11 Å². The Bertz CT molecular complexity index is 594. The number of aliphatic carboxylic acids is 1. The Morgan fingerprint density at radius 1 is 1.36 bits per heavy atom. The van der Waals surface area contributed by atoms with Crippen LogP contribution in [0.2, 0.25) is 0 Å². The lowest BCUT2D eigenvalue weighted by atomic mass is 10.0. The molecular weight excluding hydrogens is 288 g/mol. The van der Waals surface area contributed by atoms with Gasteiger partial charge in [-0.2, -0.15) is 5.48 Å². The third-order valence-corrected chi connectivity index (χ3v) is 3.23. The van der Waals surface area contributed by atoms with E-state index < -0.39 is 23.7 Å². The molecule has 0 saturated carbocycles. The molecule has 1 amide bonds. The fourth-order valence-electron chi connectivity index (χ4n) is 2.42. The van der Waals surface area contributed by atoms with E-state index in [4.69, 9.17) is 9.57 Å². The molecule has 1 unspecified atom stereocenters. The van der Waals surface area contributed by atoms with Crippen LogP contribution < -0.4 is 5.48 Å². The quantitative estimate of drug-likeness (QED) is 0.649. The second-order valence-electron chi connectivity index (χ2n) is 6.16. The maximum absolute atomic E-state index is 12.3. The third kappa shape index (κ3) is 3.37. The van der Waals surface area contributed by atoms with Gasteiger partial charge < -0.3 is 9.84 Å². The molecule has 3 N–H and O–H groups in total. The van der Waals surface area contributed by atoms with Gasteiger partial charge in [-0.1, -0.05) is 6.07 Å². The lowest BCUT2D eigenvalue weighted by Gasteiger charge is -2.27. The van der Waals surface area contributed by atoms with Gasteiger partial charge in [-0.25, -0.2) is 14.4 Å². The first-order chi connectivity index (χ1) is 10.2. The molecular formula is C15H21N2O5+. The van der Waals surface area contributed by atoms with Crippen LogP contribution in [0.25, 0.3) is 0 Å². The molecule has 0 bridgehead atoms. The summed E-state index contributed by atoms with van der Waals surface area (Å²) in [6.07, 6.45) is -0.631. The molecule has 1 aliphatic heterocycles. The number of quaternary nitrogens is 1. The standard InChI is InChI=1S/C15H20N2O5/c1-15(2,3)22-14(20)17-8-9-5-6-10(16-21-4)7-11(9)12(17)13(18)19/h5-7,12,16H,8H2,1-4H3,(H,18,19)/p+1. The minimum absolute atomic E-state index is 0.217. The number of rotatable bonds is 3. The molecule has 1 aromatic rings. The van der Waals surface area contributed by atoms with Crippen molar-refractivity contribution in [3.63, 3.8) is 0 Å². The second kappa shape index (κ2) is 5.94. The Morgan fingerprint density at radius 3 is 2.59 bits per heavy atom. The number of carboxylic acids is 1. The van der Waals surface area contributed by atoms with Gasteiger partial charge in [-0.05, 0) is 31.9 Å². The third-order valence-electron chi connectivity index (χ3n) is 3.23. The van der Waals surface area contributed by atoms with E-state index in [1.165, 1.54) is 17.5 Å². The number of ether oxygens (including phenoxy) is 1. The molecule has 22 heavy (non-hydrogen) atoms. The number of nitrogens with two attached hydrogens (primary N) is 1. The van der Waals surface area contributed by atoms with Gasteiger partial charge in [0.25, 0.3) is 0 Å². The Hall–Kier alpha value is -2.12. The molecule has 7 nitrogen and oxygen atoms in total. The van der Waals surface area contributed by atoms with Gasteiger partial charge in [0.15, 0.2) is 11.7 Å². The number of carbonyl (C=O) groups excluding carboxylic acids is 1. The summed E-state index contributed by atoms with van der Waals surface area (Å²) >= 11 is 0. The Morgan fingerprint density at radius 2 is 2.05 bits per heavy atom. The molecule has 0 radical (unpaired) electrons. The fraction of sp³-hybridized carbons (Fsp3) is 0.467. The van der Waals surface area contributed by atoms with Crippen LogP contribution in [0.15, 0.2) is 18.2 Å². The van der Waals surface area contributed by atoms with Gasteiger partial charge in [0, 0.05) is 12.1 Å². The Balaban J connectivity index is 2.32. The minimum atomic E-state index is -1.08. The van der Waals surface area contributed by atoms with Crippen molar-refractivity contribution in [1.82, 2.24) is 4.90 Å². The van der Waals surface area contributed by atoms with Gasteiger partial charge in [-0.15, -0.1) is 0 Å². The van der Waals surface area contributed by atoms with Crippen LogP contribution in [0.3, 0.4) is 0 Å². The van der Waals surface area contributed by atoms with Crippen LogP contribution in [0.5, 0.6) is 0 Å². The monoisotopic (exact) mass is 309 g/mol. The maximum atomic E-state index is 12.3. The van der Waals surface area contributed by atoms with Crippen molar-refractivity contribution in [2.24, 2.45) is 0 Å². The molecule has 1 aromatic carbocycles. The van der Waals surface area contributed by atoms with Crippen LogP contribution in [0.4, 0.5) is 10.5 Å². The molecule has 0 aliphatic carbocycles. The lowest BCUT2D eigenvalue weighted by molar-refractivity contribution is -0.830. The normalized spacial score (nSPS) is 17.3. The van der Waals surface area contributed by atoms with Gasteiger partial charge >= 0.3 is 12.1 Å². The van der Waals surface area contributed by atoms with Crippen molar-refractivity contribution in [3.8, 4) is 0 Å². The first-order valence-corrected chi connectivity index (χ1v) is 6.94. The lowest BCUT2D eigenvalue weighted by Crippen LogP contribution is -2.75. The van der Waals surface area contributed by atoms with E-state index in [1.54, 1.807) is 32.9 Å². The summed E-state index contributed by atoms with van der Waals surface area (Å²) in [7, 11) is 1.52. The van der Waals surface area contributed by atoms with E-state index in [9.17, 15) is 14.7 Å². The van der Waals surface area contributed by atoms with Crippen molar-refractivity contribution in [2.45, 2.75) is 39.0 Å². The summed E-state index contributed by atoms with van der Waals surface area (Å²) in [5.74, 6) is -1.08. The summed E-state index contributed by atoms with van der Waals surface area (Å²) in [5, 5.41) is 9.51. The zero-order chi connectivity index (χ0) is 16.5. The number of nitrogens with zero attached hydrogens (tertiary/aromatic N) is 1. The summed E-state index contributed by atoms with van der Waals surface area (Å²) in [6, 6.07) is 4.30. The zero-order valence-corrected chi connectivity index (χ0v) is 13.1. The minimum Gasteiger partial charge on any atom is -0.479 e. The molecule has 0 saturated heterocycles. The molecule has 0 fully saturated rings. The van der Waals surface area contributed by atoms with Gasteiger partial charge in [0.2, 0.25) is 0 Å². The Kier molecular flexibility index (Phi) is 4.39. The molecule has 0 aromatic heterocycles. The molecule has 120 valence electrons. The van der Waals surface area contributed by atoms with E-state index in [1.807, 2.05) is 6.07 Å². The van der Waals surface area contributed by atoms with E-state index in [0.717, 1.165) is 11.3 Å². The van der Waals surface area contributed by atoms with Gasteiger partial charge in [0.1, 0.15) is 5.60 Å². The van der Waals surface area contributed by atoms with Crippen LogP contribution in [0, 0.1) is 0 Å². The first-order valence-electron chi connectivity index (χ1n) is 6.94. The number of amides is 1. The average Bonchev–Trinajstić information content (AvgIpc) is 2.76. The Labute approximate surface area is 128 Å². The van der Waals surface area contributed by atoms with E-state index >= 15 is 0 Å². The van der Waals surface area contributed by atoms with Crippen LogP contribution >= 0.6 is 0 Å². The summed E-state index contributed by atoms with van der Waals surface area (Å²) < 4.78 is 5.30. The second-order valence-corrected chi connectivity index (χ2v) is 6.16. The van der Waals surface area contributed by atoms with Crippen molar-refractivity contribution < 1.29 is 29.8 Å². The zero-order valence-electron chi connectivity index (χ0n) is 13.1. The predicted octanol–water partition coefficient (Wildman–Crippen LogP) is 1.32. The van der Waals surface area contributed by atoms with Crippen molar-refractivity contribution in [1.29, 1.82) is 0 Å².